The lowest BCUT2D eigenvalue weighted by Gasteiger charge is -2.20. The third-order valence-electron chi connectivity index (χ3n) is 3.36. The van der Waals surface area contributed by atoms with Gasteiger partial charge in [-0.2, -0.15) is 0 Å². The van der Waals surface area contributed by atoms with Crippen LogP contribution in [0.3, 0.4) is 0 Å². The summed E-state index contributed by atoms with van der Waals surface area (Å²) in [6.07, 6.45) is 2.37. The lowest BCUT2D eigenvalue weighted by atomic mass is 10.2. The average molecular weight is 250 g/mol. The number of nitro groups is 1. The summed E-state index contributed by atoms with van der Waals surface area (Å²) < 4.78 is 0. The molecule has 1 aromatic rings. The van der Waals surface area contributed by atoms with Gasteiger partial charge in [0.2, 0.25) is 0 Å². The van der Waals surface area contributed by atoms with Crippen LogP contribution in [0.5, 0.6) is 0 Å². The number of nitrogens with two attached hydrogens (primary N) is 1. The van der Waals surface area contributed by atoms with Gasteiger partial charge in [0.25, 0.3) is 5.69 Å². The van der Waals surface area contributed by atoms with Crippen LogP contribution < -0.4 is 11.1 Å². The Morgan fingerprint density at radius 3 is 2.94 bits per heavy atom. The number of nitrogen functional groups attached to an aromatic ring is 1. The first-order chi connectivity index (χ1) is 8.56. The lowest BCUT2D eigenvalue weighted by molar-refractivity contribution is -0.384. The topological polar surface area (TPSA) is 84.4 Å². The maximum Gasteiger partial charge on any atom is 0.273 e. The number of anilines is 2. The van der Waals surface area contributed by atoms with Gasteiger partial charge < -0.3 is 16.0 Å². The number of benzene rings is 1. The van der Waals surface area contributed by atoms with Gasteiger partial charge in [0.1, 0.15) is 0 Å². The molecule has 1 unspecified atom stereocenters. The number of hydrogen-bond acceptors (Lipinski definition) is 5. The minimum Gasteiger partial charge on any atom is -0.398 e. The predicted octanol–water partition coefficient (Wildman–Crippen LogP) is 1.68. The minimum atomic E-state index is -0.427. The highest BCUT2D eigenvalue weighted by molar-refractivity contribution is 5.61. The van der Waals surface area contributed by atoms with Crippen molar-refractivity contribution >= 4 is 17.1 Å². The van der Waals surface area contributed by atoms with Crippen LogP contribution in [0.1, 0.15) is 12.8 Å². The van der Waals surface area contributed by atoms with Crippen molar-refractivity contribution in [1.82, 2.24) is 4.90 Å². The van der Waals surface area contributed by atoms with E-state index in [4.69, 9.17) is 5.73 Å². The molecule has 2 rings (SSSR count). The van der Waals surface area contributed by atoms with Gasteiger partial charge in [-0.05, 0) is 32.5 Å². The molecule has 0 amide bonds. The molecule has 1 aliphatic rings. The molecule has 0 aliphatic carbocycles. The Bertz CT molecular complexity index is 450. The van der Waals surface area contributed by atoms with Crippen molar-refractivity contribution < 1.29 is 4.92 Å². The highest BCUT2D eigenvalue weighted by Crippen LogP contribution is 2.23. The molecule has 1 fully saturated rings. The molecular formula is C12H18N4O2. The van der Waals surface area contributed by atoms with E-state index in [1.54, 1.807) is 6.07 Å². The first-order valence-corrected chi connectivity index (χ1v) is 6.05. The molecule has 1 aliphatic heterocycles. The van der Waals surface area contributed by atoms with Gasteiger partial charge in [-0.25, -0.2) is 0 Å². The molecule has 98 valence electrons. The second kappa shape index (κ2) is 5.22. The van der Waals surface area contributed by atoms with Crippen molar-refractivity contribution in [3.8, 4) is 0 Å². The predicted molar refractivity (Wildman–Crippen MR) is 71.7 cm³/mol. The first-order valence-electron chi connectivity index (χ1n) is 6.05. The van der Waals surface area contributed by atoms with Crippen LogP contribution in [0.25, 0.3) is 0 Å². The fraction of sp³-hybridized carbons (Fsp3) is 0.500. The quantitative estimate of drug-likeness (QED) is 0.482. The fourth-order valence-corrected chi connectivity index (χ4v) is 2.31. The van der Waals surface area contributed by atoms with Crippen molar-refractivity contribution in [3.05, 3.63) is 28.3 Å². The van der Waals surface area contributed by atoms with Crippen LogP contribution in [0.15, 0.2) is 18.2 Å². The largest absolute Gasteiger partial charge is 0.398 e. The summed E-state index contributed by atoms with van der Waals surface area (Å²) in [6, 6.07) is 5.10. The number of nitrogens with zero attached hydrogens (tertiary/aromatic N) is 2. The lowest BCUT2D eigenvalue weighted by Crippen LogP contribution is -2.31. The Labute approximate surface area is 106 Å². The number of nitrogens with one attached hydrogen (secondary N) is 1. The normalized spacial score (nSPS) is 19.9. The molecule has 1 atom stereocenters. The van der Waals surface area contributed by atoms with E-state index in [1.165, 1.54) is 18.6 Å². The van der Waals surface area contributed by atoms with Gasteiger partial charge in [0, 0.05) is 36.1 Å². The molecular weight excluding hydrogens is 232 g/mol. The minimum absolute atomic E-state index is 0.0253. The van der Waals surface area contributed by atoms with Crippen molar-refractivity contribution in [3.63, 3.8) is 0 Å². The Balaban J connectivity index is 2.02. The number of non-ortho nitro benzene ring substituents is 1. The maximum atomic E-state index is 10.7. The molecule has 1 heterocycles. The number of hydrogen-bond donors (Lipinski definition) is 2. The maximum absolute atomic E-state index is 10.7. The van der Waals surface area contributed by atoms with E-state index in [9.17, 15) is 10.1 Å². The van der Waals surface area contributed by atoms with Crippen molar-refractivity contribution in [2.75, 3.05) is 31.2 Å². The van der Waals surface area contributed by atoms with E-state index in [0.717, 1.165) is 19.5 Å². The Morgan fingerprint density at radius 2 is 2.33 bits per heavy atom. The smallest absolute Gasteiger partial charge is 0.273 e. The van der Waals surface area contributed by atoms with Gasteiger partial charge in [-0.1, -0.05) is 0 Å². The molecule has 1 saturated heterocycles. The SMILES string of the molecule is CN1CCCC1CNc1cc(N)cc([N+](=O)[O-])c1. The van der Waals surface area contributed by atoms with Crippen LogP contribution in [-0.4, -0.2) is 36.0 Å². The number of nitro benzene ring substituents is 1. The van der Waals surface area contributed by atoms with Crippen LogP contribution >= 0.6 is 0 Å². The fourth-order valence-electron chi connectivity index (χ4n) is 2.31. The van der Waals surface area contributed by atoms with E-state index in [-0.39, 0.29) is 5.69 Å². The highest BCUT2D eigenvalue weighted by Gasteiger charge is 2.20. The van der Waals surface area contributed by atoms with E-state index in [0.29, 0.717) is 17.4 Å². The molecule has 0 aromatic heterocycles. The summed E-state index contributed by atoms with van der Waals surface area (Å²) >= 11 is 0. The summed E-state index contributed by atoms with van der Waals surface area (Å²) in [4.78, 5) is 12.6. The molecule has 0 radical (unpaired) electrons. The summed E-state index contributed by atoms with van der Waals surface area (Å²) in [6.45, 7) is 1.90. The summed E-state index contributed by atoms with van der Waals surface area (Å²) in [5.74, 6) is 0. The molecule has 3 N–H and O–H groups in total. The molecule has 0 saturated carbocycles. The molecule has 18 heavy (non-hydrogen) atoms. The highest BCUT2D eigenvalue weighted by atomic mass is 16.6. The monoisotopic (exact) mass is 250 g/mol. The molecule has 6 heteroatoms. The summed E-state index contributed by atoms with van der Waals surface area (Å²) in [5, 5.41) is 14.0. The zero-order valence-electron chi connectivity index (χ0n) is 10.4. The van der Waals surface area contributed by atoms with Gasteiger partial charge in [-0.15, -0.1) is 0 Å². The Morgan fingerprint density at radius 1 is 1.56 bits per heavy atom. The van der Waals surface area contributed by atoms with Crippen LogP contribution in [0.2, 0.25) is 0 Å². The van der Waals surface area contributed by atoms with E-state index < -0.39 is 4.92 Å². The van der Waals surface area contributed by atoms with E-state index in [2.05, 4.69) is 17.3 Å². The molecule has 1 aromatic carbocycles. The van der Waals surface area contributed by atoms with Gasteiger partial charge in [0.15, 0.2) is 0 Å². The molecule has 6 nitrogen and oxygen atoms in total. The molecule has 0 spiro atoms. The Kier molecular flexibility index (Phi) is 3.66. The Hall–Kier alpha value is -1.82. The van der Waals surface area contributed by atoms with Crippen LogP contribution in [0.4, 0.5) is 17.1 Å². The third kappa shape index (κ3) is 2.89. The number of rotatable bonds is 4. The second-order valence-electron chi connectivity index (χ2n) is 4.73. The van der Waals surface area contributed by atoms with E-state index >= 15 is 0 Å². The van der Waals surface area contributed by atoms with Crippen molar-refractivity contribution in [1.29, 1.82) is 0 Å². The van der Waals surface area contributed by atoms with Crippen LogP contribution in [-0.2, 0) is 0 Å². The van der Waals surface area contributed by atoms with Crippen molar-refractivity contribution in [2.45, 2.75) is 18.9 Å². The van der Waals surface area contributed by atoms with Gasteiger partial charge in [-0.3, -0.25) is 10.1 Å². The van der Waals surface area contributed by atoms with Crippen molar-refractivity contribution in [2.24, 2.45) is 0 Å². The zero-order chi connectivity index (χ0) is 13.1. The third-order valence-corrected chi connectivity index (χ3v) is 3.36. The standard InChI is InChI=1S/C12H18N4O2/c1-15-4-2-3-11(15)8-14-10-5-9(13)6-12(7-10)16(17)18/h5-7,11,14H,2-4,8,13H2,1H3. The number of likely N-dealkylation sites (tertiary alicyclic amines) is 1. The summed E-state index contributed by atoms with van der Waals surface area (Å²) in [5.41, 5.74) is 6.80. The first kappa shape index (κ1) is 12.6. The van der Waals surface area contributed by atoms with Crippen LogP contribution in [0, 0.1) is 10.1 Å². The number of likely N-dealkylation sites (N-methyl/N-ethyl adjacent to an activating group) is 1. The summed E-state index contributed by atoms with van der Waals surface area (Å²) in [7, 11) is 2.10. The van der Waals surface area contributed by atoms with Gasteiger partial charge in [0.05, 0.1) is 4.92 Å². The molecule has 0 bridgehead atoms. The van der Waals surface area contributed by atoms with Gasteiger partial charge >= 0.3 is 0 Å². The zero-order valence-corrected chi connectivity index (χ0v) is 10.4. The second-order valence-corrected chi connectivity index (χ2v) is 4.73. The average Bonchev–Trinajstić information content (AvgIpc) is 2.71. The van der Waals surface area contributed by atoms with E-state index in [1.807, 2.05) is 0 Å².